The number of hydrogen-bond acceptors (Lipinski definition) is 5. The first-order chi connectivity index (χ1) is 7.96. The number of benzene rings is 1. The third-order valence-corrected chi connectivity index (χ3v) is 3.39. The molecule has 0 saturated carbocycles. The van der Waals surface area contributed by atoms with Crippen molar-refractivity contribution in [2.24, 2.45) is 5.73 Å². The van der Waals surface area contributed by atoms with E-state index in [-0.39, 0.29) is 36.6 Å². The molecule has 104 valence electrons. The standard InChI is InChI=1S/C11H17NO4S.ClH/c1-2-17(14,15)16-11-5-3-9(4-6-11)7-10(12)8-13;/h3-6,10,13H,2,7-8,12H2,1H3;1H/t10-;/m0./s1. The first kappa shape index (κ1) is 17.2. The molecule has 7 heteroatoms. The molecule has 0 aliphatic carbocycles. The zero-order valence-corrected chi connectivity index (χ0v) is 11.7. The Balaban J connectivity index is 0.00000289. The average Bonchev–Trinajstić information content (AvgIpc) is 2.31. The summed E-state index contributed by atoms with van der Waals surface area (Å²) in [6.45, 7) is 1.44. The zero-order chi connectivity index (χ0) is 12.9. The molecule has 3 N–H and O–H groups in total. The van der Waals surface area contributed by atoms with Gasteiger partial charge in [-0.2, -0.15) is 8.42 Å². The fourth-order valence-corrected chi connectivity index (χ4v) is 1.78. The van der Waals surface area contributed by atoms with Crippen LogP contribution >= 0.6 is 12.4 Å². The third-order valence-electron chi connectivity index (χ3n) is 2.23. The van der Waals surface area contributed by atoms with Crippen molar-refractivity contribution in [1.29, 1.82) is 0 Å². The number of nitrogens with two attached hydrogens (primary N) is 1. The molecule has 0 aliphatic heterocycles. The van der Waals surface area contributed by atoms with Crippen LogP contribution in [0.4, 0.5) is 0 Å². The molecule has 0 saturated heterocycles. The molecule has 0 amide bonds. The van der Waals surface area contributed by atoms with E-state index in [2.05, 4.69) is 0 Å². The molecule has 5 nitrogen and oxygen atoms in total. The molecular weight excluding hydrogens is 278 g/mol. The molecular formula is C11H18ClNO4S. The van der Waals surface area contributed by atoms with Gasteiger partial charge < -0.3 is 15.0 Å². The van der Waals surface area contributed by atoms with Gasteiger partial charge in [0, 0.05) is 6.04 Å². The van der Waals surface area contributed by atoms with Gasteiger partial charge in [0.2, 0.25) is 0 Å². The Labute approximate surface area is 113 Å². The van der Waals surface area contributed by atoms with Crippen LogP contribution in [0.2, 0.25) is 0 Å². The number of hydrogen-bond donors (Lipinski definition) is 2. The van der Waals surface area contributed by atoms with Gasteiger partial charge in [-0.05, 0) is 31.0 Å². The van der Waals surface area contributed by atoms with Crippen molar-refractivity contribution in [1.82, 2.24) is 0 Å². The minimum absolute atomic E-state index is 0. The smallest absolute Gasteiger partial charge is 0.308 e. The molecule has 0 heterocycles. The van der Waals surface area contributed by atoms with E-state index in [1.807, 2.05) is 0 Å². The van der Waals surface area contributed by atoms with E-state index in [0.717, 1.165) is 5.56 Å². The molecule has 0 unspecified atom stereocenters. The molecule has 0 aromatic heterocycles. The molecule has 0 radical (unpaired) electrons. The Morgan fingerprint density at radius 1 is 1.33 bits per heavy atom. The van der Waals surface area contributed by atoms with E-state index in [0.29, 0.717) is 6.42 Å². The monoisotopic (exact) mass is 295 g/mol. The zero-order valence-electron chi connectivity index (χ0n) is 10.1. The molecule has 1 aromatic rings. The highest BCUT2D eigenvalue weighted by atomic mass is 35.5. The van der Waals surface area contributed by atoms with Crippen LogP contribution in [0.3, 0.4) is 0 Å². The van der Waals surface area contributed by atoms with Gasteiger partial charge in [0.15, 0.2) is 0 Å². The predicted molar refractivity (Wildman–Crippen MR) is 72.5 cm³/mol. The van der Waals surface area contributed by atoms with E-state index in [4.69, 9.17) is 15.0 Å². The fourth-order valence-electron chi connectivity index (χ4n) is 1.25. The highest BCUT2D eigenvalue weighted by Crippen LogP contribution is 2.15. The summed E-state index contributed by atoms with van der Waals surface area (Å²) in [4.78, 5) is 0. The van der Waals surface area contributed by atoms with E-state index in [9.17, 15) is 8.42 Å². The van der Waals surface area contributed by atoms with Crippen LogP contribution < -0.4 is 9.92 Å². The minimum Gasteiger partial charge on any atom is -0.395 e. The minimum atomic E-state index is -3.48. The Kier molecular flexibility index (Phi) is 7.23. The number of halogens is 1. The summed E-state index contributed by atoms with van der Waals surface area (Å²) in [7, 11) is -3.48. The SMILES string of the molecule is CCS(=O)(=O)Oc1ccc(C[C@H](N)CO)cc1.Cl. The van der Waals surface area contributed by atoms with Crippen molar-refractivity contribution < 1.29 is 17.7 Å². The largest absolute Gasteiger partial charge is 0.395 e. The summed E-state index contributed by atoms with van der Waals surface area (Å²) in [6.07, 6.45) is 0.539. The van der Waals surface area contributed by atoms with Crippen LogP contribution in [0.5, 0.6) is 5.75 Å². The lowest BCUT2D eigenvalue weighted by molar-refractivity contribution is 0.265. The highest BCUT2D eigenvalue weighted by molar-refractivity contribution is 7.87. The number of aliphatic hydroxyl groups excluding tert-OH is 1. The quantitative estimate of drug-likeness (QED) is 0.754. The fraction of sp³-hybridized carbons (Fsp3) is 0.455. The Morgan fingerprint density at radius 2 is 1.89 bits per heavy atom. The van der Waals surface area contributed by atoms with Gasteiger partial charge in [-0.15, -0.1) is 12.4 Å². The van der Waals surface area contributed by atoms with Gasteiger partial charge in [-0.3, -0.25) is 0 Å². The lowest BCUT2D eigenvalue weighted by Gasteiger charge is -2.09. The maximum atomic E-state index is 11.2. The molecule has 0 bridgehead atoms. The van der Waals surface area contributed by atoms with E-state index >= 15 is 0 Å². The van der Waals surface area contributed by atoms with Gasteiger partial charge in [0.1, 0.15) is 5.75 Å². The Hall–Kier alpha value is -0.820. The molecule has 0 spiro atoms. The Morgan fingerprint density at radius 3 is 2.33 bits per heavy atom. The number of rotatable bonds is 6. The average molecular weight is 296 g/mol. The second-order valence-electron chi connectivity index (χ2n) is 3.72. The predicted octanol–water partition coefficient (Wildman–Crippen LogP) is 0.699. The molecule has 1 aromatic carbocycles. The van der Waals surface area contributed by atoms with Gasteiger partial charge in [-0.1, -0.05) is 12.1 Å². The van der Waals surface area contributed by atoms with Gasteiger partial charge in [0.05, 0.1) is 12.4 Å². The third kappa shape index (κ3) is 5.68. The Bertz CT molecular complexity index is 447. The van der Waals surface area contributed by atoms with Crippen LogP contribution in [0.15, 0.2) is 24.3 Å². The normalized spacial score (nSPS) is 12.6. The molecule has 1 rings (SSSR count). The van der Waals surface area contributed by atoms with Crippen molar-refractivity contribution in [3.63, 3.8) is 0 Å². The van der Waals surface area contributed by atoms with Crippen molar-refractivity contribution in [3.05, 3.63) is 29.8 Å². The summed E-state index contributed by atoms with van der Waals surface area (Å²) in [5.41, 5.74) is 6.51. The molecule has 0 aliphatic rings. The lowest BCUT2D eigenvalue weighted by atomic mass is 10.1. The summed E-state index contributed by atoms with van der Waals surface area (Å²) >= 11 is 0. The second-order valence-corrected chi connectivity index (χ2v) is 5.58. The van der Waals surface area contributed by atoms with Gasteiger partial charge >= 0.3 is 10.1 Å². The van der Waals surface area contributed by atoms with Crippen LogP contribution in [0, 0.1) is 0 Å². The summed E-state index contributed by atoms with van der Waals surface area (Å²) in [5.74, 6) is 0.220. The number of aliphatic hydroxyl groups is 1. The van der Waals surface area contributed by atoms with Crippen molar-refractivity contribution in [2.75, 3.05) is 12.4 Å². The van der Waals surface area contributed by atoms with E-state index in [1.54, 1.807) is 24.3 Å². The summed E-state index contributed by atoms with van der Waals surface area (Å²) < 4.78 is 27.2. The van der Waals surface area contributed by atoms with E-state index in [1.165, 1.54) is 6.92 Å². The molecule has 1 atom stereocenters. The maximum Gasteiger partial charge on any atom is 0.308 e. The van der Waals surface area contributed by atoms with Crippen LogP contribution in [0.1, 0.15) is 12.5 Å². The summed E-state index contributed by atoms with van der Waals surface area (Å²) in [6, 6.07) is 6.31. The van der Waals surface area contributed by atoms with Crippen molar-refractivity contribution >= 4 is 22.5 Å². The van der Waals surface area contributed by atoms with Crippen LogP contribution in [-0.2, 0) is 16.5 Å². The lowest BCUT2D eigenvalue weighted by Crippen LogP contribution is -2.26. The van der Waals surface area contributed by atoms with Crippen molar-refractivity contribution in [3.8, 4) is 5.75 Å². The van der Waals surface area contributed by atoms with Crippen molar-refractivity contribution in [2.45, 2.75) is 19.4 Å². The highest BCUT2D eigenvalue weighted by Gasteiger charge is 2.09. The maximum absolute atomic E-state index is 11.2. The van der Waals surface area contributed by atoms with Crippen LogP contribution in [0.25, 0.3) is 0 Å². The molecule has 0 fully saturated rings. The van der Waals surface area contributed by atoms with Gasteiger partial charge in [0.25, 0.3) is 0 Å². The first-order valence-electron chi connectivity index (χ1n) is 5.34. The summed E-state index contributed by atoms with van der Waals surface area (Å²) in [5, 5.41) is 8.81. The second kappa shape index (κ2) is 7.58. The topological polar surface area (TPSA) is 89.6 Å². The first-order valence-corrected chi connectivity index (χ1v) is 6.92. The molecule has 18 heavy (non-hydrogen) atoms. The van der Waals surface area contributed by atoms with Crippen LogP contribution in [-0.4, -0.2) is 31.9 Å². The van der Waals surface area contributed by atoms with Gasteiger partial charge in [-0.25, -0.2) is 0 Å². The van der Waals surface area contributed by atoms with E-state index < -0.39 is 10.1 Å².